The van der Waals surface area contributed by atoms with Crippen LogP contribution in [0.2, 0.25) is 0 Å². The summed E-state index contributed by atoms with van der Waals surface area (Å²) in [4.78, 5) is 0. The quantitative estimate of drug-likeness (QED) is 0.569. The Hall–Kier alpha value is 1.08. The first kappa shape index (κ1) is 12.7. The molecule has 0 bridgehead atoms. The zero-order chi connectivity index (χ0) is 7.70. The van der Waals surface area contributed by atoms with E-state index in [2.05, 4.69) is 0 Å². The zero-order valence-electron chi connectivity index (χ0n) is 4.80. The molecular weight excluding hydrogens is 220 g/mol. The van der Waals surface area contributed by atoms with Crippen LogP contribution in [0.25, 0.3) is 0 Å². The normalized spacial score (nSPS) is 7.78. The molecule has 6 heteroatoms. The van der Waals surface area contributed by atoms with E-state index in [0.29, 0.717) is 0 Å². The van der Waals surface area contributed by atoms with Gasteiger partial charge >= 0.3 is 34.5 Å². The van der Waals surface area contributed by atoms with Crippen molar-refractivity contribution in [2.75, 3.05) is 13.2 Å². The van der Waals surface area contributed by atoms with Gasteiger partial charge < -0.3 is 15.3 Å². The Morgan fingerprint density at radius 1 is 1.22 bits per heavy atom. The van der Waals surface area contributed by atoms with Crippen LogP contribution in [0.1, 0.15) is 0 Å². The molecule has 0 aliphatic heterocycles. The minimum absolute atomic E-state index is 0.365. The molecule has 0 aromatic rings. The predicted octanol–water partition coefficient (Wildman–Crippen LogP) is -0.292. The van der Waals surface area contributed by atoms with Crippen molar-refractivity contribution < 1.29 is 30.5 Å². The summed E-state index contributed by atoms with van der Waals surface area (Å²) in [6, 6.07) is 0. The topological polar surface area (TPSA) is 60.7 Å². The molecular formula is C3H8Cl2O3Zn. The van der Waals surface area contributed by atoms with E-state index in [0.717, 1.165) is 0 Å². The predicted molar refractivity (Wildman–Crippen MR) is 31.9 cm³/mol. The number of halogens is 2. The van der Waals surface area contributed by atoms with Crippen molar-refractivity contribution in [2.24, 2.45) is 0 Å². The summed E-state index contributed by atoms with van der Waals surface area (Å²) in [7, 11) is 9.90. The fourth-order valence-corrected chi connectivity index (χ4v) is 0.0577. The number of hydrogen-bond acceptors (Lipinski definition) is 3. The summed E-state index contributed by atoms with van der Waals surface area (Å²) in [6.07, 6.45) is -0.954. The van der Waals surface area contributed by atoms with Gasteiger partial charge in [0, 0.05) is 0 Å². The molecule has 54 valence electrons. The standard InChI is InChI=1S/C3H8O3.2ClH.Zn/c4-1-3(6)2-5;;;/h3-6H,1-2H2;2*1H;/q;;;+2/p-2. The van der Waals surface area contributed by atoms with Crippen molar-refractivity contribution >= 4 is 19.4 Å². The second-order valence-electron chi connectivity index (χ2n) is 1.12. The molecule has 0 unspecified atom stereocenters. The molecule has 0 heterocycles. The van der Waals surface area contributed by atoms with E-state index in [-0.39, 0.29) is 13.2 Å². The Morgan fingerprint density at radius 3 is 1.44 bits per heavy atom. The van der Waals surface area contributed by atoms with Crippen LogP contribution in [0, 0.1) is 0 Å². The van der Waals surface area contributed by atoms with Gasteiger partial charge in [0.05, 0.1) is 13.2 Å². The first-order valence-electron chi connectivity index (χ1n) is 2.24. The van der Waals surface area contributed by atoms with Gasteiger partial charge in [-0.05, 0) is 0 Å². The van der Waals surface area contributed by atoms with Gasteiger partial charge in [-0.2, -0.15) is 0 Å². The number of aliphatic hydroxyl groups is 3. The molecule has 0 aliphatic rings. The molecule has 0 amide bonds. The maximum absolute atomic E-state index is 8.17. The molecule has 0 saturated heterocycles. The van der Waals surface area contributed by atoms with Gasteiger partial charge in [-0.3, -0.25) is 0 Å². The first-order valence-corrected chi connectivity index (χ1v) is 10.0. The fourth-order valence-electron chi connectivity index (χ4n) is 0.0577. The molecule has 0 spiro atoms. The average Bonchev–Trinajstić information content (AvgIpc) is 1.88. The minimum atomic E-state index is -0.954. The molecule has 0 aromatic heterocycles. The molecule has 0 fully saturated rings. The van der Waals surface area contributed by atoms with Crippen molar-refractivity contribution in [2.45, 2.75) is 6.10 Å². The summed E-state index contributed by atoms with van der Waals surface area (Å²) in [5.74, 6) is 0. The van der Waals surface area contributed by atoms with Crippen LogP contribution < -0.4 is 0 Å². The van der Waals surface area contributed by atoms with Crippen molar-refractivity contribution in [1.82, 2.24) is 0 Å². The second-order valence-corrected chi connectivity index (χ2v) is 5.74. The third-order valence-electron chi connectivity index (χ3n) is 0.421. The zero-order valence-corrected chi connectivity index (χ0v) is 9.28. The Balaban J connectivity index is 0. The van der Waals surface area contributed by atoms with Crippen LogP contribution >= 0.6 is 19.4 Å². The first-order chi connectivity index (χ1) is 4.22. The number of aliphatic hydroxyl groups excluding tert-OH is 3. The Kier molecular flexibility index (Phi) is 16.7. The van der Waals surface area contributed by atoms with Gasteiger partial charge in [0.25, 0.3) is 0 Å². The van der Waals surface area contributed by atoms with Crippen LogP contribution in [-0.2, 0) is 15.1 Å². The average molecular weight is 228 g/mol. The van der Waals surface area contributed by atoms with E-state index in [1.807, 2.05) is 0 Å². The number of hydrogen-bond donors (Lipinski definition) is 3. The molecule has 9 heavy (non-hydrogen) atoms. The summed E-state index contributed by atoms with van der Waals surface area (Å²) in [6.45, 7) is -0.729. The monoisotopic (exact) mass is 226 g/mol. The van der Waals surface area contributed by atoms with Crippen LogP contribution in [0.5, 0.6) is 0 Å². The molecule has 0 saturated carbocycles. The van der Waals surface area contributed by atoms with Crippen LogP contribution in [0.15, 0.2) is 0 Å². The molecule has 0 atom stereocenters. The SMILES string of the molecule is OCC(O)CO.[Cl][Zn][Cl]. The van der Waals surface area contributed by atoms with Gasteiger partial charge in [-0.15, -0.1) is 0 Å². The van der Waals surface area contributed by atoms with E-state index in [9.17, 15) is 0 Å². The van der Waals surface area contributed by atoms with Crippen molar-refractivity contribution in [3.05, 3.63) is 0 Å². The molecule has 0 radical (unpaired) electrons. The van der Waals surface area contributed by atoms with Gasteiger partial charge in [0.2, 0.25) is 0 Å². The van der Waals surface area contributed by atoms with Crippen molar-refractivity contribution in [3.63, 3.8) is 0 Å². The molecule has 3 nitrogen and oxygen atoms in total. The molecule has 0 aromatic carbocycles. The Labute approximate surface area is 69.3 Å². The summed E-state index contributed by atoms with van der Waals surface area (Å²) in [5, 5.41) is 24.0. The van der Waals surface area contributed by atoms with Gasteiger partial charge in [-0.1, -0.05) is 0 Å². The van der Waals surface area contributed by atoms with E-state index >= 15 is 0 Å². The van der Waals surface area contributed by atoms with E-state index in [1.54, 1.807) is 0 Å². The van der Waals surface area contributed by atoms with Crippen molar-refractivity contribution in [1.29, 1.82) is 0 Å². The molecule has 0 rings (SSSR count). The van der Waals surface area contributed by atoms with E-state index in [4.69, 9.17) is 34.7 Å². The summed E-state index contributed by atoms with van der Waals surface area (Å²) >= 11 is -0.931. The second kappa shape index (κ2) is 11.8. The number of rotatable bonds is 2. The van der Waals surface area contributed by atoms with Crippen LogP contribution in [0.4, 0.5) is 0 Å². The summed E-state index contributed by atoms with van der Waals surface area (Å²) in [5.41, 5.74) is 0. The summed E-state index contributed by atoms with van der Waals surface area (Å²) < 4.78 is 0. The third-order valence-corrected chi connectivity index (χ3v) is 0.421. The van der Waals surface area contributed by atoms with E-state index < -0.39 is 21.2 Å². The Bertz CT molecular complexity index is 44.0. The van der Waals surface area contributed by atoms with Gasteiger partial charge in [-0.25, -0.2) is 0 Å². The van der Waals surface area contributed by atoms with Gasteiger partial charge in [0.15, 0.2) is 0 Å². The molecule has 0 aliphatic carbocycles. The third kappa shape index (κ3) is 17.6. The van der Waals surface area contributed by atoms with Crippen LogP contribution in [-0.4, -0.2) is 34.6 Å². The van der Waals surface area contributed by atoms with E-state index in [1.165, 1.54) is 0 Å². The maximum atomic E-state index is 8.17. The fraction of sp³-hybridized carbons (Fsp3) is 1.00. The Morgan fingerprint density at radius 2 is 1.44 bits per heavy atom. The van der Waals surface area contributed by atoms with Gasteiger partial charge in [0.1, 0.15) is 6.10 Å². The van der Waals surface area contributed by atoms with Crippen molar-refractivity contribution in [3.8, 4) is 0 Å². The molecule has 3 N–H and O–H groups in total. The van der Waals surface area contributed by atoms with Crippen LogP contribution in [0.3, 0.4) is 0 Å².